The topological polar surface area (TPSA) is 625 Å². The van der Waals surface area contributed by atoms with Crippen molar-refractivity contribution in [3.05, 3.63) is 173 Å². The number of hydrogen-bond acceptors (Lipinski definition) is 30. The first-order valence-corrected chi connectivity index (χ1v) is 40.9. The fourth-order valence-electron chi connectivity index (χ4n) is 15.0. The monoisotopic (exact) mass is 1840 g/mol. The first-order chi connectivity index (χ1) is 60.2. The van der Waals surface area contributed by atoms with Crippen LogP contribution in [0.1, 0.15) is 111 Å². The molecule has 127 heavy (non-hydrogen) atoms. The van der Waals surface area contributed by atoms with Gasteiger partial charge in [-0.1, -0.05) is 84.5 Å². The number of carbonyl (C=O) groups is 10. The maximum Gasteiger partial charge on any atom is 0.349 e. The van der Waals surface area contributed by atoms with Crippen molar-refractivity contribution in [2.75, 3.05) is 32.1 Å². The highest BCUT2D eigenvalue weighted by Gasteiger charge is 2.52. The van der Waals surface area contributed by atoms with Crippen molar-refractivity contribution in [3.63, 3.8) is 0 Å². The van der Waals surface area contributed by atoms with E-state index in [2.05, 4.69) is 52.8 Å². The molecule has 8 heterocycles. The van der Waals surface area contributed by atoms with Gasteiger partial charge in [-0.3, -0.25) is 57.4 Å². The van der Waals surface area contributed by atoms with E-state index in [-0.39, 0.29) is 65.3 Å². The number of primary amides is 2. The van der Waals surface area contributed by atoms with Crippen molar-refractivity contribution in [1.29, 1.82) is 0 Å². The van der Waals surface area contributed by atoms with Crippen LogP contribution >= 0.6 is 46.4 Å². The molecule has 41 nitrogen and oxygen atoms in total. The number of aromatic nitrogens is 2. The highest BCUT2D eigenvalue weighted by molar-refractivity contribution is 6.42. The Hall–Kier alpha value is -11.6. The Kier molecular flexibility index (Phi) is 29.9. The van der Waals surface area contributed by atoms with Crippen LogP contribution in [0.25, 0.3) is 11.1 Å². The smallest absolute Gasteiger partial charge is 0.349 e. The summed E-state index contributed by atoms with van der Waals surface area (Å²) in [5.41, 5.74) is 8.26. The van der Waals surface area contributed by atoms with Gasteiger partial charge < -0.3 is 134 Å². The van der Waals surface area contributed by atoms with Crippen molar-refractivity contribution in [2.24, 2.45) is 17.4 Å². The van der Waals surface area contributed by atoms with E-state index in [0.717, 1.165) is 72.8 Å². The molecule has 45 heteroatoms. The van der Waals surface area contributed by atoms with Gasteiger partial charge in [-0.05, 0) is 139 Å². The summed E-state index contributed by atoms with van der Waals surface area (Å²) in [5, 5.41) is 130. The number of fused-ring (bicyclic) bond motifs is 15. The van der Waals surface area contributed by atoms with Crippen molar-refractivity contribution >= 4 is 111 Å². The largest absolute Gasteiger partial charge is 0.508 e. The third kappa shape index (κ3) is 21.8. The molecule has 14 rings (SSSR count). The molecule has 1 aromatic heterocycles. The van der Waals surface area contributed by atoms with Crippen LogP contribution in [0.5, 0.6) is 46.0 Å². The number of aliphatic hydroxyl groups is 6. The van der Waals surface area contributed by atoms with Crippen molar-refractivity contribution in [2.45, 2.75) is 169 Å². The number of likely N-dealkylation sites (N-methyl/N-ethyl adjacent to an activating group) is 1. The van der Waals surface area contributed by atoms with E-state index < -0.39 is 277 Å². The Bertz CT molecular complexity index is 5490. The molecule has 18 atom stereocenters. The minimum Gasteiger partial charge on any atom is -0.508 e. The normalized spacial score (nSPS) is 25.7. The molecule has 0 unspecified atom stereocenters. The van der Waals surface area contributed by atoms with Gasteiger partial charge in [0.15, 0.2) is 30.5 Å². The van der Waals surface area contributed by atoms with Gasteiger partial charge in [-0.2, -0.15) is 4.98 Å². The molecule has 10 amide bonds. The molecule has 678 valence electrons. The van der Waals surface area contributed by atoms with E-state index in [1.807, 2.05) is 5.48 Å². The number of phenols is 3. The lowest BCUT2D eigenvalue weighted by atomic mass is 9.85. The first-order valence-electron chi connectivity index (χ1n) is 39.4. The maximum absolute atomic E-state index is 16.3. The zero-order chi connectivity index (χ0) is 92.1. The van der Waals surface area contributed by atoms with Crippen LogP contribution in [0, 0.1) is 5.92 Å². The molecule has 7 aliphatic heterocycles. The summed E-state index contributed by atoms with van der Waals surface area (Å²) in [6.07, 6.45) is -18.5. The number of nitrogens with one attached hydrogen (secondary N) is 10. The Morgan fingerprint density at radius 2 is 1.34 bits per heavy atom. The van der Waals surface area contributed by atoms with Crippen LogP contribution < -0.4 is 84.7 Å². The predicted molar refractivity (Wildman–Crippen MR) is 446 cm³/mol. The number of phenolic OH excluding ortho intramolecular Hbond substituents is 3. The Balaban J connectivity index is 0.999. The van der Waals surface area contributed by atoms with Crippen LogP contribution in [0.15, 0.2) is 114 Å². The molecule has 11 bridgehead atoms. The van der Waals surface area contributed by atoms with Gasteiger partial charge in [0.2, 0.25) is 65.2 Å². The summed E-state index contributed by atoms with van der Waals surface area (Å²) in [4.78, 5) is 167. The van der Waals surface area contributed by atoms with E-state index in [4.69, 9.17) is 91.1 Å². The number of benzene rings is 6. The Morgan fingerprint density at radius 3 is 1.97 bits per heavy atom. The molecule has 2 fully saturated rings. The van der Waals surface area contributed by atoms with Crippen LogP contribution in [0.3, 0.4) is 0 Å². The lowest BCUT2D eigenvalue weighted by molar-refractivity contribution is -0.334. The predicted octanol–water partition coefficient (Wildman–Crippen LogP) is 0.930. The average Bonchev–Trinajstić information content (AvgIpc) is 0.762. The van der Waals surface area contributed by atoms with E-state index in [1.165, 1.54) is 49.0 Å². The third-order valence-electron chi connectivity index (χ3n) is 21.5. The fourth-order valence-corrected chi connectivity index (χ4v) is 15.8. The number of rotatable bonds is 23. The molecular formula is C82H90Cl4N14O27. The minimum atomic E-state index is -2.42. The van der Waals surface area contributed by atoms with Gasteiger partial charge in [0.25, 0.3) is 5.91 Å². The third-order valence-corrected chi connectivity index (χ3v) is 22.8. The van der Waals surface area contributed by atoms with Gasteiger partial charge in [0.1, 0.15) is 101 Å². The van der Waals surface area contributed by atoms with E-state index in [0.29, 0.717) is 5.56 Å². The van der Waals surface area contributed by atoms with E-state index in [9.17, 15) is 74.7 Å². The van der Waals surface area contributed by atoms with Crippen LogP contribution in [0.4, 0.5) is 5.82 Å². The van der Waals surface area contributed by atoms with Crippen molar-refractivity contribution in [3.8, 4) is 57.1 Å². The summed E-state index contributed by atoms with van der Waals surface area (Å²) < 4.78 is 40.6. The standard InChI is InChI=1S/C82H90Cl4N14O27/c1-32(2)18-46(89-5)73(113)97-64-66(108)36-8-12-50(44(85)22-36)123-52-24-38-25-53(70(52)127-80-71(69(111)68(110)54(30-101)125-80)126-59-29-82(4,72(112)33(3)122-59)90-15-17-100-16-14-57(93-81(100)120)92-58(107)20-34-6-10-42(83)43(84)19-34)124-51-13-9-37(23-45(51)86)67(109)65-78(118)96-63(79(119)99-121-31-56(88)106)41-26-39(102)27-49(104)60(41)40-21-35(7-11-48(40)103)61(75(115)98-65)95-76(116)62(38)94-74(114)47(28-55(87)105)91-77(64)117/h6-14,16,19,21-27,32-33,46-47,54,59,61-69,71-72,80,89-90,101-104,108-112H,15,17-18,20,28-31H2,1-5H3,(H2,87,105)(H2,88,106)(H,91,117)(H,94,114)(H,95,116)(H,96,118)(H,97,113)(H,98,115)(H,99,119)(H,92,93,107,120)/t33-,46+,47-,54+,59-,61+,62+,63+,64+,65-,66+,67+,68+,69-,71+,72+,80-,82-/m0/s1. The number of aromatic hydroxyl groups is 3. The summed E-state index contributed by atoms with van der Waals surface area (Å²) in [6.45, 7) is 4.56. The molecule has 7 aromatic rings. The molecule has 7 aliphatic rings. The number of carbonyl (C=O) groups excluding carboxylic acids is 10. The fraction of sp³-hybridized carbons (Fsp3) is 0.390. The molecule has 2 saturated heterocycles. The number of hydrogen-bond donors (Lipinski definition) is 21. The number of anilines is 1. The second-order valence-electron chi connectivity index (χ2n) is 31.2. The lowest BCUT2D eigenvalue weighted by Gasteiger charge is -2.48. The summed E-state index contributed by atoms with van der Waals surface area (Å²) in [7, 11) is 1.46. The van der Waals surface area contributed by atoms with Crippen molar-refractivity contribution < 1.29 is 127 Å². The van der Waals surface area contributed by atoms with Gasteiger partial charge in [-0.25, -0.2) is 10.3 Å². The molecule has 6 aromatic carbocycles. The number of halogens is 4. The molecule has 0 radical (unpaired) electrons. The number of nitrogens with zero attached hydrogens (tertiary/aromatic N) is 2. The van der Waals surface area contributed by atoms with Gasteiger partial charge in [0.05, 0.1) is 57.8 Å². The van der Waals surface area contributed by atoms with Crippen molar-refractivity contribution in [1.82, 2.24) is 57.6 Å². The minimum absolute atomic E-state index is 0.0500. The number of hydroxylamine groups is 1. The average molecular weight is 1850 g/mol. The van der Waals surface area contributed by atoms with Crippen LogP contribution in [-0.4, -0.2) is 220 Å². The number of aliphatic hydroxyl groups excluding tert-OH is 6. The zero-order valence-corrected chi connectivity index (χ0v) is 70.9. The maximum atomic E-state index is 16.3. The van der Waals surface area contributed by atoms with E-state index >= 15 is 24.0 Å². The number of nitrogens with two attached hydrogens (primary N) is 2. The van der Waals surface area contributed by atoms with E-state index in [1.54, 1.807) is 26.8 Å². The summed E-state index contributed by atoms with van der Waals surface area (Å²) >= 11 is 26.5. The number of amides is 10. The molecule has 0 saturated carbocycles. The Morgan fingerprint density at radius 1 is 0.685 bits per heavy atom. The SMILES string of the molecule is CN[C@H](CC(C)C)C(=O)N[C@H]1C(=O)N[C@@H](CC(N)=O)C(=O)N[C@H]2C(=O)N[C@H]3C(=O)N[C@H](C(=O)N[C@@H](C(=O)NOCC(N)=O)c4cc(O)cc(O)c4-c4cc3ccc4O)[C@H](O)c3ccc(c(Cl)c3)Oc3cc2cc(c3O[C@@H]2O[C@H](CO)[C@@H](O)[C@H](O)[C@H]2O[C@H]2C[C@](C)(NCCn3ccc(NC(=O)Cc4ccc(Cl)c(Cl)c4)nc3=O)[C@H](O)[C@H](C)O2)Oc2ccc(cc2Cl)[C@H]1O. The molecule has 0 aliphatic carbocycles. The molecule has 0 spiro atoms. The summed E-state index contributed by atoms with van der Waals surface area (Å²) in [6, 6.07) is 4.80. The lowest BCUT2D eigenvalue weighted by Crippen LogP contribution is -2.65. The first kappa shape index (κ1) is 94.5. The van der Waals surface area contributed by atoms with Gasteiger partial charge in [0, 0.05) is 48.4 Å². The number of ether oxygens (including phenoxy) is 6. The Labute approximate surface area is 741 Å². The second-order valence-corrected chi connectivity index (χ2v) is 32.8. The second kappa shape index (κ2) is 40.1. The van der Waals surface area contributed by atoms with Crippen LogP contribution in [0.2, 0.25) is 20.1 Å². The highest BCUT2D eigenvalue weighted by Crippen LogP contribution is 2.50. The zero-order valence-electron chi connectivity index (χ0n) is 67.9. The van der Waals surface area contributed by atoms with Gasteiger partial charge in [-0.15, -0.1) is 0 Å². The van der Waals surface area contributed by atoms with Crippen LogP contribution in [-0.2, 0) is 80.0 Å². The molecular weight excluding hydrogens is 1750 g/mol. The quantitative estimate of drug-likeness (QED) is 0.0396. The van der Waals surface area contributed by atoms with Gasteiger partial charge >= 0.3 is 5.69 Å². The summed E-state index contributed by atoms with van der Waals surface area (Å²) in [5.74, 6) is -17.9. The highest BCUT2D eigenvalue weighted by atomic mass is 35.5. The molecule has 23 N–H and O–H groups in total.